The fourth-order valence-electron chi connectivity index (χ4n) is 3.75. The summed E-state index contributed by atoms with van der Waals surface area (Å²) in [5, 5.41) is 21.6. The van der Waals surface area contributed by atoms with E-state index in [1.54, 1.807) is 54.7 Å². The number of anilines is 1. The molecule has 7 nitrogen and oxygen atoms in total. The third-order valence-electron chi connectivity index (χ3n) is 5.20. The van der Waals surface area contributed by atoms with E-state index in [1.165, 1.54) is 24.3 Å². The van der Waals surface area contributed by atoms with Gasteiger partial charge in [-0.15, -0.1) is 0 Å². The molecule has 0 saturated carbocycles. The molecule has 1 fully saturated rings. The summed E-state index contributed by atoms with van der Waals surface area (Å²) in [5.41, 5.74) is 1.66. The highest BCUT2D eigenvalue weighted by molar-refractivity contribution is 6.52. The lowest BCUT2D eigenvalue weighted by Crippen LogP contribution is -2.29. The predicted molar refractivity (Wildman–Crippen MR) is 115 cm³/mol. The van der Waals surface area contributed by atoms with Crippen LogP contribution in [-0.4, -0.2) is 34.0 Å². The Balaban J connectivity index is 2.00. The molecule has 4 rings (SSSR count). The Hall–Kier alpha value is -4.13. The van der Waals surface area contributed by atoms with Crippen molar-refractivity contribution in [1.29, 1.82) is 0 Å². The maximum absolute atomic E-state index is 13.1. The number of phenolic OH excluding ortho intramolecular Hbond substituents is 1. The van der Waals surface area contributed by atoms with Gasteiger partial charge in [0.15, 0.2) is 0 Å². The molecular formula is C24H20N2O5. The number of ether oxygens (including phenoxy) is 1. The number of benzene rings is 2. The number of amides is 1. The summed E-state index contributed by atoms with van der Waals surface area (Å²) in [6.45, 7) is 1.81. The normalized spacial score (nSPS) is 17.7. The Bertz CT molecular complexity index is 1200. The minimum atomic E-state index is -0.980. The molecule has 1 unspecified atom stereocenters. The van der Waals surface area contributed by atoms with Gasteiger partial charge in [0.25, 0.3) is 11.7 Å². The number of phenols is 1. The smallest absolute Gasteiger partial charge is 0.300 e. The average Bonchev–Trinajstić information content (AvgIpc) is 3.06. The van der Waals surface area contributed by atoms with E-state index in [-0.39, 0.29) is 28.3 Å². The van der Waals surface area contributed by atoms with Crippen LogP contribution < -0.4 is 9.64 Å². The molecule has 1 saturated heterocycles. The van der Waals surface area contributed by atoms with Crippen molar-refractivity contribution in [2.45, 2.75) is 13.0 Å². The van der Waals surface area contributed by atoms with Gasteiger partial charge in [-0.3, -0.25) is 19.5 Å². The number of aromatic nitrogens is 1. The van der Waals surface area contributed by atoms with Gasteiger partial charge in [-0.25, -0.2) is 0 Å². The first kappa shape index (κ1) is 20.2. The Labute approximate surface area is 178 Å². The molecule has 1 amide bonds. The molecule has 0 radical (unpaired) electrons. The van der Waals surface area contributed by atoms with E-state index in [9.17, 15) is 19.8 Å². The van der Waals surface area contributed by atoms with E-state index in [0.29, 0.717) is 11.3 Å². The molecule has 2 aromatic carbocycles. The number of rotatable bonds is 4. The number of carbonyl (C=O) groups is 2. The monoisotopic (exact) mass is 416 g/mol. The largest absolute Gasteiger partial charge is 0.507 e. The zero-order chi connectivity index (χ0) is 22.1. The molecule has 156 valence electrons. The zero-order valence-corrected chi connectivity index (χ0v) is 16.9. The standard InChI is InChI=1S/C24H20N2O5/c1-14-9-10-18(27)17(12-14)26-21(15-6-5-11-25-13-15)20(23(29)24(26)30)22(28)16-7-3-4-8-19(16)31-2/h3-13,21,27-28H,1-2H3/b22-20+. The van der Waals surface area contributed by atoms with Crippen LogP contribution in [0.2, 0.25) is 0 Å². The summed E-state index contributed by atoms with van der Waals surface area (Å²) in [4.78, 5) is 31.6. The number of methoxy groups -OCH3 is 1. The number of hydrogen-bond acceptors (Lipinski definition) is 6. The third-order valence-corrected chi connectivity index (χ3v) is 5.20. The molecule has 31 heavy (non-hydrogen) atoms. The summed E-state index contributed by atoms with van der Waals surface area (Å²) >= 11 is 0. The number of aliphatic hydroxyl groups excluding tert-OH is 1. The van der Waals surface area contributed by atoms with Crippen molar-refractivity contribution in [3.8, 4) is 11.5 Å². The second-order valence-corrected chi connectivity index (χ2v) is 7.15. The second-order valence-electron chi connectivity index (χ2n) is 7.15. The number of pyridine rings is 1. The van der Waals surface area contributed by atoms with Gasteiger partial charge >= 0.3 is 0 Å². The predicted octanol–water partition coefficient (Wildman–Crippen LogP) is 3.73. The molecule has 2 N–H and O–H groups in total. The van der Waals surface area contributed by atoms with Gasteiger partial charge in [-0.2, -0.15) is 0 Å². The highest BCUT2D eigenvalue weighted by atomic mass is 16.5. The Kier molecular flexibility index (Phi) is 5.17. The maximum Gasteiger partial charge on any atom is 0.300 e. The minimum Gasteiger partial charge on any atom is -0.507 e. The van der Waals surface area contributed by atoms with Crippen molar-refractivity contribution in [1.82, 2.24) is 4.98 Å². The Morgan fingerprint density at radius 2 is 1.87 bits per heavy atom. The zero-order valence-electron chi connectivity index (χ0n) is 16.9. The van der Waals surface area contributed by atoms with Crippen molar-refractivity contribution in [2.75, 3.05) is 12.0 Å². The summed E-state index contributed by atoms with van der Waals surface area (Å²) in [5.74, 6) is -1.88. The number of ketones is 1. The van der Waals surface area contributed by atoms with Crippen LogP contribution in [0, 0.1) is 6.92 Å². The van der Waals surface area contributed by atoms with Gasteiger partial charge in [0.05, 0.1) is 30.0 Å². The maximum atomic E-state index is 13.1. The summed E-state index contributed by atoms with van der Waals surface area (Å²) in [6, 6.07) is 13.9. The van der Waals surface area contributed by atoms with Crippen molar-refractivity contribution in [3.63, 3.8) is 0 Å². The molecule has 3 aromatic rings. The van der Waals surface area contributed by atoms with Gasteiger partial charge < -0.3 is 14.9 Å². The molecule has 1 aliphatic rings. The van der Waals surface area contributed by atoms with Crippen LogP contribution in [0.4, 0.5) is 5.69 Å². The number of Topliss-reactive ketones (excluding diaryl/α,β-unsaturated/α-hetero) is 1. The fourth-order valence-corrected chi connectivity index (χ4v) is 3.75. The van der Waals surface area contributed by atoms with Gasteiger partial charge in [0.2, 0.25) is 0 Å². The molecule has 1 aliphatic heterocycles. The quantitative estimate of drug-likeness (QED) is 0.382. The van der Waals surface area contributed by atoms with Gasteiger partial charge in [-0.1, -0.05) is 24.3 Å². The van der Waals surface area contributed by atoms with Gasteiger partial charge in [0, 0.05) is 12.4 Å². The van der Waals surface area contributed by atoms with E-state index in [2.05, 4.69) is 4.98 Å². The van der Waals surface area contributed by atoms with Gasteiger partial charge in [0.1, 0.15) is 17.3 Å². The van der Waals surface area contributed by atoms with Gasteiger partial charge in [-0.05, 0) is 48.4 Å². The Morgan fingerprint density at radius 3 is 2.58 bits per heavy atom. The molecule has 0 aliphatic carbocycles. The van der Waals surface area contributed by atoms with Crippen LogP contribution in [0.15, 0.2) is 72.6 Å². The minimum absolute atomic E-state index is 0.108. The van der Waals surface area contributed by atoms with E-state index in [0.717, 1.165) is 5.56 Å². The van der Waals surface area contributed by atoms with Crippen molar-refractivity contribution in [3.05, 3.63) is 89.3 Å². The van der Waals surface area contributed by atoms with E-state index in [4.69, 9.17) is 4.74 Å². The number of aromatic hydroxyl groups is 1. The number of hydrogen-bond donors (Lipinski definition) is 2. The van der Waals surface area contributed by atoms with Crippen LogP contribution in [0.1, 0.15) is 22.7 Å². The molecule has 1 atom stereocenters. The second kappa shape index (κ2) is 7.95. The lowest BCUT2D eigenvalue weighted by Gasteiger charge is -2.26. The molecule has 0 bridgehead atoms. The molecular weight excluding hydrogens is 396 g/mol. The number of carbonyl (C=O) groups excluding carboxylic acids is 2. The van der Waals surface area contributed by atoms with Crippen molar-refractivity contribution >= 4 is 23.1 Å². The topological polar surface area (TPSA) is 100.0 Å². The molecule has 7 heteroatoms. The first-order chi connectivity index (χ1) is 14.9. The first-order valence-corrected chi connectivity index (χ1v) is 9.58. The highest BCUT2D eigenvalue weighted by Gasteiger charge is 2.48. The van der Waals surface area contributed by atoms with Crippen LogP contribution in [0.3, 0.4) is 0 Å². The van der Waals surface area contributed by atoms with Crippen LogP contribution >= 0.6 is 0 Å². The molecule has 0 spiro atoms. The van der Waals surface area contributed by atoms with Crippen LogP contribution in [0.25, 0.3) is 5.76 Å². The lowest BCUT2D eigenvalue weighted by atomic mass is 9.95. The number of aryl methyl sites for hydroxylation is 1. The van der Waals surface area contributed by atoms with E-state index in [1.807, 2.05) is 6.92 Å². The van der Waals surface area contributed by atoms with E-state index < -0.39 is 17.7 Å². The Morgan fingerprint density at radius 1 is 1.10 bits per heavy atom. The number of para-hydroxylation sites is 1. The summed E-state index contributed by atoms with van der Waals surface area (Å²) < 4.78 is 5.32. The van der Waals surface area contributed by atoms with Crippen molar-refractivity contribution in [2.24, 2.45) is 0 Å². The van der Waals surface area contributed by atoms with Crippen LogP contribution in [-0.2, 0) is 9.59 Å². The summed E-state index contributed by atoms with van der Waals surface area (Å²) in [7, 11) is 1.45. The summed E-state index contributed by atoms with van der Waals surface area (Å²) in [6.07, 6.45) is 3.09. The highest BCUT2D eigenvalue weighted by Crippen LogP contribution is 2.45. The van der Waals surface area contributed by atoms with Crippen molar-refractivity contribution < 1.29 is 24.5 Å². The van der Waals surface area contributed by atoms with Crippen LogP contribution in [0.5, 0.6) is 11.5 Å². The average molecular weight is 416 g/mol. The SMILES string of the molecule is COc1ccccc1/C(O)=C1\C(=O)C(=O)N(c2cc(C)ccc2O)C1c1cccnc1. The number of nitrogens with zero attached hydrogens (tertiary/aromatic N) is 2. The molecule has 2 heterocycles. The lowest BCUT2D eigenvalue weighted by molar-refractivity contribution is -0.132. The molecule has 1 aromatic heterocycles. The fraction of sp³-hybridized carbons (Fsp3) is 0.125. The van der Waals surface area contributed by atoms with E-state index >= 15 is 0 Å². The number of aliphatic hydroxyl groups is 1. The first-order valence-electron chi connectivity index (χ1n) is 9.58. The third kappa shape index (κ3) is 3.40.